The zero-order chi connectivity index (χ0) is 20.0. The van der Waals surface area contributed by atoms with E-state index in [2.05, 4.69) is 15.0 Å². The van der Waals surface area contributed by atoms with Crippen LogP contribution in [0.15, 0.2) is 76.5 Å². The summed E-state index contributed by atoms with van der Waals surface area (Å²) in [5.74, 6) is 0.0122. The normalized spacial score (nSPS) is 12.5. The van der Waals surface area contributed by atoms with Gasteiger partial charge in [0.05, 0.1) is 23.6 Å². The minimum absolute atomic E-state index is 0.0456. The first-order valence-corrected chi connectivity index (χ1v) is 10.3. The Bertz CT molecular complexity index is 1010. The molecule has 0 unspecified atom stereocenters. The van der Waals surface area contributed by atoms with Gasteiger partial charge in [-0.1, -0.05) is 17.7 Å². The van der Waals surface area contributed by atoms with Crippen LogP contribution in [0, 0.1) is 0 Å². The van der Waals surface area contributed by atoms with Gasteiger partial charge < -0.3 is 9.73 Å². The van der Waals surface area contributed by atoms with Gasteiger partial charge in [-0.2, -0.15) is 4.72 Å². The molecule has 0 aliphatic carbocycles. The quantitative estimate of drug-likeness (QED) is 0.584. The van der Waals surface area contributed by atoms with E-state index < -0.39 is 16.1 Å². The lowest BCUT2D eigenvalue weighted by Crippen LogP contribution is -2.33. The maximum Gasteiger partial charge on any atom is 0.241 e. The molecule has 0 saturated carbocycles. The Kier molecular flexibility index (Phi) is 6.45. The minimum Gasteiger partial charge on any atom is -0.468 e. The first-order valence-electron chi connectivity index (χ1n) is 8.41. The second-order valence-corrected chi connectivity index (χ2v) is 8.14. The largest absolute Gasteiger partial charge is 0.468 e. The van der Waals surface area contributed by atoms with Gasteiger partial charge in [-0.05, 0) is 48.0 Å². The monoisotopic (exact) mass is 419 g/mol. The summed E-state index contributed by atoms with van der Waals surface area (Å²) in [4.78, 5) is 16.4. The third kappa shape index (κ3) is 5.41. The number of hydrogen-bond donors (Lipinski definition) is 2. The average molecular weight is 420 g/mol. The Morgan fingerprint density at radius 3 is 2.57 bits per heavy atom. The number of hydrogen-bond acceptors (Lipinski definition) is 5. The summed E-state index contributed by atoms with van der Waals surface area (Å²) < 4.78 is 33.2. The zero-order valence-electron chi connectivity index (χ0n) is 14.7. The molecule has 0 bridgehead atoms. The number of carbonyl (C=O) groups is 1. The highest BCUT2D eigenvalue weighted by Gasteiger charge is 2.25. The first kappa shape index (κ1) is 20.1. The maximum atomic E-state index is 12.7. The third-order valence-corrected chi connectivity index (χ3v) is 5.65. The van der Waals surface area contributed by atoms with Crippen LogP contribution < -0.4 is 10.0 Å². The molecule has 3 rings (SSSR count). The molecule has 0 radical (unpaired) electrons. The van der Waals surface area contributed by atoms with Crippen molar-refractivity contribution in [1.29, 1.82) is 0 Å². The van der Waals surface area contributed by atoms with Crippen molar-refractivity contribution in [3.63, 3.8) is 0 Å². The van der Waals surface area contributed by atoms with E-state index in [1.807, 2.05) is 6.07 Å². The van der Waals surface area contributed by atoms with Crippen LogP contribution in [-0.4, -0.2) is 19.3 Å². The minimum atomic E-state index is -3.87. The molecule has 1 atom stereocenters. The molecule has 2 aromatic heterocycles. The molecular formula is C19H18ClN3O4S. The van der Waals surface area contributed by atoms with Gasteiger partial charge in [0.15, 0.2) is 0 Å². The van der Waals surface area contributed by atoms with Crippen LogP contribution >= 0.6 is 11.6 Å². The Balaban J connectivity index is 1.71. The van der Waals surface area contributed by atoms with E-state index in [4.69, 9.17) is 16.0 Å². The molecule has 2 heterocycles. The van der Waals surface area contributed by atoms with Gasteiger partial charge >= 0.3 is 0 Å². The fraction of sp³-hybridized carbons (Fsp3) is 0.158. The molecular weight excluding hydrogens is 402 g/mol. The molecule has 1 amide bonds. The number of benzene rings is 1. The Hall–Kier alpha value is -2.68. The van der Waals surface area contributed by atoms with E-state index in [1.54, 1.807) is 30.6 Å². The smallest absolute Gasteiger partial charge is 0.241 e. The number of furan rings is 1. The van der Waals surface area contributed by atoms with E-state index in [1.165, 1.54) is 30.5 Å². The molecule has 0 fully saturated rings. The van der Waals surface area contributed by atoms with Crippen molar-refractivity contribution >= 4 is 27.5 Å². The van der Waals surface area contributed by atoms with Gasteiger partial charge in [-0.3, -0.25) is 9.78 Å². The predicted molar refractivity (Wildman–Crippen MR) is 104 cm³/mol. The number of amides is 1. The average Bonchev–Trinajstić information content (AvgIpc) is 3.22. The second kappa shape index (κ2) is 9.01. The lowest BCUT2D eigenvalue weighted by molar-refractivity contribution is -0.121. The Morgan fingerprint density at radius 2 is 1.93 bits per heavy atom. The van der Waals surface area contributed by atoms with Gasteiger partial charge in [0, 0.05) is 24.0 Å². The fourth-order valence-electron chi connectivity index (χ4n) is 2.52. The van der Waals surface area contributed by atoms with Crippen molar-refractivity contribution in [3.8, 4) is 0 Å². The molecule has 0 saturated heterocycles. The molecule has 7 nitrogen and oxygen atoms in total. The van der Waals surface area contributed by atoms with Crippen molar-refractivity contribution in [3.05, 3.63) is 83.5 Å². The van der Waals surface area contributed by atoms with Gasteiger partial charge in [-0.15, -0.1) is 0 Å². The van der Waals surface area contributed by atoms with Crippen LogP contribution in [0.4, 0.5) is 0 Å². The summed E-state index contributed by atoms with van der Waals surface area (Å²) in [6, 6.07) is 11.8. The number of aromatic nitrogens is 1. The van der Waals surface area contributed by atoms with Gasteiger partial charge in [-0.25, -0.2) is 8.42 Å². The van der Waals surface area contributed by atoms with E-state index in [-0.39, 0.29) is 17.2 Å². The summed E-state index contributed by atoms with van der Waals surface area (Å²) in [6.07, 6.45) is 4.59. The van der Waals surface area contributed by atoms with Crippen molar-refractivity contribution < 1.29 is 17.6 Å². The number of carbonyl (C=O) groups excluding carboxylic acids is 1. The predicted octanol–water partition coefficient (Wildman–Crippen LogP) is 3.05. The van der Waals surface area contributed by atoms with Crippen molar-refractivity contribution in [2.45, 2.75) is 23.9 Å². The number of rotatable bonds is 8. The Labute approximate surface area is 167 Å². The highest BCUT2D eigenvalue weighted by Crippen LogP contribution is 2.22. The van der Waals surface area contributed by atoms with Gasteiger partial charge in [0.2, 0.25) is 15.9 Å². The van der Waals surface area contributed by atoms with Crippen LogP contribution in [0.25, 0.3) is 0 Å². The van der Waals surface area contributed by atoms with Gasteiger partial charge in [0.1, 0.15) is 5.76 Å². The SMILES string of the molecule is O=C(C[C@H](NS(=O)(=O)c1ccc(Cl)cc1)c1ccco1)NCc1cccnc1. The Morgan fingerprint density at radius 1 is 1.14 bits per heavy atom. The molecule has 0 spiro atoms. The van der Waals surface area contributed by atoms with E-state index in [9.17, 15) is 13.2 Å². The summed E-state index contributed by atoms with van der Waals surface area (Å²) in [5.41, 5.74) is 0.840. The lowest BCUT2D eigenvalue weighted by atomic mass is 10.1. The standard InChI is InChI=1S/C19H18ClN3O4S/c20-15-5-7-16(8-6-15)28(25,26)23-17(18-4-2-10-27-18)11-19(24)22-13-14-3-1-9-21-12-14/h1-10,12,17,23H,11,13H2,(H,22,24)/t17-/m0/s1. The molecule has 0 aliphatic heterocycles. The number of pyridine rings is 1. The summed E-state index contributed by atoms with van der Waals surface area (Å²) >= 11 is 5.82. The molecule has 3 aromatic rings. The van der Waals surface area contributed by atoms with Crippen LogP contribution in [0.2, 0.25) is 5.02 Å². The summed E-state index contributed by atoms with van der Waals surface area (Å²) in [6.45, 7) is 0.293. The number of halogens is 1. The molecule has 146 valence electrons. The highest BCUT2D eigenvalue weighted by molar-refractivity contribution is 7.89. The molecule has 1 aromatic carbocycles. The molecule has 2 N–H and O–H groups in total. The highest BCUT2D eigenvalue weighted by atomic mass is 35.5. The first-order chi connectivity index (χ1) is 13.4. The number of sulfonamides is 1. The van der Waals surface area contributed by atoms with Crippen molar-refractivity contribution in [2.24, 2.45) is 0 Å². The van der Waals surface area contributed by atoms with Crippen LogP contribution in [0.3, 0.4) is 0 Å². The molecule has 28 heavy (non-hydrogen) atoms. The van der Waals surface area contributed by atoms with Crippen molar-refractivity contribution in [1.82, 2.24) is 15.0 Å². The maximum absolute atomic E-state index is 12.7. The van der Waals surface area contributed by atoms with Crippen LogP contribution in [0.1, 0.15) is 23.8 Å². The van der Waals surface area contributed by atoms with E-state index in [0.29, 0.717) is 17.3 Å². The van der Waals surface area contributed by atoms with Gasteiger partial charge in [0.25, 0.3) is 0 Å². The van der Waals surface area contributed by atoms with Crippen LogP contribution in [-0.2, 0) is 21.4 Å². The van der Waals surface area contributed by atoms with Crippen molar-refractivity contribution in [2.75, 3.05) is 0 Å². The summed E-state index contributed by atoms with van der Waals surface area (Å²) in [5, 5.41) is 3.18. The summed E-state index contributed by atoms with van der Waals surface area (Å²) in [7, 11) is -3.87. The molecule has 0 aliphatic rings. The molecule has 9 heteroatoms. The lowest BCUT2D eigenvalue weighted by Gasteiger charge is -2.17. The van der Waals surface area contributed by atoms with Crippen LogP contribution in [0.5, 0.6) is 0 Å². The third-order valence-electron chi connectivity index (χ3n) is 3.91. The topological polar surface area (TPSA) is 101 Å². The number of nitrogens with zero attached hydrogens (tertiary/aromatic N) is 1. The van der Waals surface area contributed by atoms with E-state index >= 15 is 0 Å². The fourth-order valence-corrected chi connectivity index (χ4v) is 3.85. The zero-order valence-corrected chi connectivity index (χ0v) is 16.3. The van der Waals surface area contributed by atoms with E-state index in [0.717, 1.165) is 5.56 Å². The second-order valence-electron chi connectivity index (χ2n) is 5.99. The number of nitrogens with one attached hydrogen (secondary N) is 2.